The van der Waals surface area contributed by atoms with Gasteiger partial charge in [0.25, 0.3) is 0 Å². The molecule has 2 unspecified atom stereocenters. The highest BCUT2D eigenvalue weighted by atomic mass is 16.6. The van der Waals surface area contributed by atoms with E-state index in [9.17, 15) is 15.0 Å². The largest absolute Gasteiger partial charge is 0.444 e. The minimum absolute atomic E-state index is 0.178. The molecule has 0 bridgehead atoms. The van der Waals surface area contributed by atoms with Gasteiger partial charge in [-0.2, -0.15) is 0 Å². The first-order valence-corrected chi connectivity index (χ1v) is 7.87. The summed E-state index contributed by atoms with van der Waals surface area (Å²) in [5.74, 6) is 0. The van der Waals surface area contributed by atoms with Gasteiger partial charge in [0.15, 0.2) is 0 Å². The van der Waals surface area contributed by atoms with Crippen LogP contribution in [0.15, 0.2) is 0 Å². The number of ether oxygens (including phenoxy) is 2. The van der Waals surface area contributed by atoms with Crippen LogP contribution in [0.5, 0.6) is 0 Å². The summed E-state index contributed by atoms with van der Waals surface area (Å²) in [6.07, 6.45) is 0.589. The standard InChI is InChI=1S/C16H29NO5/c1-13(2,3)22-12(19)17-7-6-15(9-17,10-18)16(20)8-14(4,5)21-11-16/h18,20H,6-11H2,1-5H3. The maximum atomic E-state index is 12.2. The number of amides is 1. The lowest BCUT2D eigenvalue weighted by Gasteiger charge is -2.40. The van der Waals surface area contributed by atoms with E-state index in [4.69, 9.17) is 9.47 Å². The van der Waals surface area contributed by atoms with E-state index in [1.54, 1.807) is 4.90 Å². The molecule has 2 fully saturated rings. The van der Waals surface area contributed by atoms with Crippen LogP contribution in [0, 0.1) is 5.41 Å². The molecule has 6 nitrogen and oxygen atoms in total. The van der Waals surface area contributed by atoms with Gasteiger partial charge in [0.1, 0.15) is 11.2 Å². The lowest BCUT2D eigenvalue weighted by Crippen LogP contribution is -2.54. The van der Waals surface area contributed by atoms with Crippen LogP contribution in [-0.4, -0.2) is 64.3 Å². The van der Waals surface area contributed by atoms with Crippen LogP contribution in [0.4, 0.5) is 4.79 Å². The highest BCUT2D eigenvalue weighted by Gasteiger charge is 2.59. The fourth-order valence-corrected chi connectivity index (χ4v) is 3.47. The molecule has 2 aliphatic heterocycles. The van der Waals surface area contributed by atoms with Gasteiger partial charge in [-0.15, -0.1) is 0 Å². The molecule has 0 aromatic carbocycles. The van der Waals surface area contributed by atoms with Crippen molar-refractivity contribution in [2.45, 2.75) is 64.3 Å². The number of hydrogen-bond acceptors (Lipinski definition) is 5. The Morgan fingerprint density at radius 2 is 2.00 bits per heavy atom. The molecule has 0 aromatic rings. The molecule has 0 saturated carbocycles. The van der Waals surface area contributed by atoms with Crippen LogP contribution < -0.4 is 0 Å². The Kier molecular flexibility index (Phi) is 4.26. The zero-order valence-electron chi connectivity index (χ0n) is 14.3. The second kappa shape index (κ2) is 5.35. The Bertz CT molecular complexity index is 444. The van der Waals surface area contributed by atoms with Crippen LogP contribution in [0.3, 0.4) is 0 Å². The summed E-state index contributed by atoms with van der Waals surface area (Å²) in [5.41, 5.74) is -2.85. The van der Waals surface area contributed by atoms with E-state index >= 15 is 0 Å². The minimum atomic E-state index is -1.12. The van der Waals surface area contributed by atoms with E-state index in [2.05, 4.69) is 0 Å². The summed E-state index contributed by atoms with van der Waals surface area (Å²) in [7, 11) is 0. The van der Waals surface area contributed by atoms with Crippen LogP contribution in [0.2, 0.25) is 0 Å². The average molecular weight is 315 g/mol. The topological polar surface area (TPSA) is 79.2 Å². The Labute approximate surface area is 132 Å². The Hall–Kier alpha value is -0.850. The molecule has 0 spiro atoms. The molecular formula is C16H29NO5. The van der Waals surface area contributed by atoms with Crippen molar-refractivity contribution in [3.8, 4) is 0 Å². The third-order valence-electron chi connectivity index (χ3n) is 4.72. The zero-order valence-corrected chi connectivity index (χ0v) is 14.3. The van der Waals surface area contributed by atoms with E-state index < -0.39 is 28.3 Å². The molecule has 2 atom stereocenters. The molecule has 128 valence electrons. The average Bonchev–Trinajstić information content (AvgIpc) is 2.91. The van der Waals surface area contributed by atoms with Gasteiger partial charge in [0.05, 0.1) is 18.8 Å². The predicted molar refractivity (Wildman–Crippen MR) is 81.5 cm³/mol. The molecule has 2 N–H and O–H groups in total. The highest BCUT2D eigenvalue weighted by molar-refractivity contribution is 5.68. The van der Waals surface area contributed by atoms with Gasteiger partial charge in [-0.05, 0) is 41.0 Å². The van der Waals surface area contributed by atoms with Crippen molar-refractivity contribution in [1.82, 2.24) is 4.90 Å². The van der Waals surface area contributed by atoms with Crippen molar-refractivity contribution in [3.63, 3.8) is 0 Å². The van der Waals surface area contributed by atoms with E-state index in [1.807, 2.05) is 34.6 Å². The van der Waals surface area contributed by atoms with Crippen LogP contribution in [0.1, 0.15) is 47.5 Å². The van der Waals surface area contributed by atoms with Gasteiger partial charge in [-0.1, -0.05) is 0 Å². The van der Waals surface area contributed by atoms with Crippen LogP contribution >= 0.6 is 0 Å². The number of aliphatic hydroxyl groups is 2. The summed E-state index contributed by atoms with van der Waals surface area (Å²) in [6.45, 7) is 10.1. The Morgan fingerprint density at radius 1 is 1.36 bits per heavy atom. The van der Waals surface area contributed by atoms with E-state index in [0.717, 1.165) is 0 Å². The molecule has 0 aliphatic carbocycles. The maximum absolute atomic E-state index is 12.2. The van der Waals surface area contributed by atoms with Gasteiger partial charge in [0.2, 0.25) is 0 Å². The minimum Gasteiger partial charge on any atom is -0.444 e. The first-order chi connectivity index (χ1) is 9.92. The molecule has 2 heterocycles. The first-order valence-electron chi connectivity index (χ1n) is 7.87. The number of aliphatic hydroxyl groups excluding tert-OH is 1. The fourth-order valence-electron chi connectivity index (χ4n) is 3.47. The molecule has 0 radical (unpaired) electrons. The zero-order chi connectivity index (χ0) is 16.8. The van der Waals surface area contributed by atoms with Gasteiger partial charge in [-0.3, -0.25) is 0 Å². The lowest BCUT2D eigenvalue weighted by atomic mass is 9.69. The normalized spacial score (nSPS) is 35.0. The summed E-state index contributed by atoms with van der Waals surface area (Å²) in [4.78, 5) is 13.8. The summed E-state index contributed by atoms with van der Waals surface area (Å²) in [6, 6.07) is 0. The number of carbonyl (C=O) groups is 1. The lowest BCUT2D eigenvalue weighted by molar-refractivity contribution is -0.104. The number of likely N-dealkylation sites (tertiary alicyclic amines) is 1. The third kappa shape index (κ3) is 3.24. The van der Waals surface area contributed by atoms with Gasteiger partial charge >= 0.3 is 6.09 Å². The smallest absolute Gasteiger partial charge is 0.410 e. The summed E-state index contributed by atoms with van der Waals surface area (Å²) >= 11 is 0. The van der Waals surface area contributed by atoms with E-state index in [0.29, 0.717) is 19.4 Å². The molecular weight excluding hydrogens is 286 g/mol. The number of rotatable bonds is 2. The molecule has 22 heavy (non-hydrogen) atoms. The van der Waals surface area contributed by atoms with Crippen molar-refractivity contribution in [1.29, 1.82) is 0 Å². The molecule has 2 saturated heterocycles. The van der Waals surface area contributed by atoms with Crippen molar-refractivity contribution in [2.75, 3.05) is 26.3 Å². The first kappa shape index (κ1) is 17.5. The monoisotopic (exact) mass is 315 g/mol. The van der Waals surface area contributed by atoms with Crippen molar-refractivity contribution < 1.29 is 24.5 Å². The fraction of sp³-hybridized carbons (Fsp3) is 0.938. The Morgan fingerprint density at radius 3 is 2.45 bits per heavy atom. The molecule has 1 amide bonds. The molecule has 2 aliphatic rings. The van der Waals surface area contributed by atoms with Crippen molar-refractivity contribution >= 4 is 6.09 Å². The Balaban J connectivity index is 2.12. The molecule has 2 rings (SSSR count). The highest BCUT2D eigenvalue weighted by Crippen LogP contribution is 2.49. The summed E-state index contributed by atoms with van der Waals surface area (Å²) in [5, 5.41) is 21.0. The second-order valence-corrected chi connectivity index (χ2v) is 8.35. The number of carbonyl (C=O) groups excluding carboxylic acids is 1. The van der Waals surface area contributed by atoms with Gasteiger partial charge < -0.3 is 24.6 Å². The second-order valence-electron chi connectivity index (χ2n) is 8.35. The van der Waals surface area contributed by atoms with E-state index in [1.165, 1.54) is 0 Å². The summed E-state index contributed by atoms with van der Waals surface area (Å²) < 4.78 is 11.1. The van der Waals surface area contributed by atoms with E-state index in [-0.39, 0.29) is 19.8 Å². The van der Waals surface area contributed by atoms with Gasteiger partial charge in [-0.25, -0.2) is 4.79 Å². The van der Waals surface area contributed by atoms with Crippen LogP contribution in [-0.2, 0) is 9.47 Å². The van der Waals surface area contributed by atoms with Crippen LogP contribution in [0.25, 0.3) is 0 Å². The quantitative estimate of drug-likeness (QED) is 0.808. The van der Waals surface area contributed by atoms with Gasteiger partial charge in [0, 0.05) is 24.9 Å². The molecule has 0 aromatic heterocycles. The maximum Gasteiger partial charge on any atom is 0.410 e. The third-order valence-corrected chi connectivity index (χ3v) is 4.72. The molecule has 6 heteroatoms. The van der Waals surface area contributed by atoms with Crippen molar-refractivity contribution in [2.24, 2.45) is 5.41 Å². The number of nitrogens with zero attached hydrogens (tertiary/aromatic N) is 1. The van der Waals surface area contributed by atoms with Crippen molar-refractivity contribution in [3.05, 3.63) is 0 Å². The SMILES string of the molecule is CC(C)(C)OC(=O)N1CCC(CO)(C2(O)COC(C)(C)C2)C1. The predicted octanol–water partition coefficient (Wildman–Crippen LogP) is 1.54. The number of hydrogen-bond donors (Lipinski definition) is 2.